The molecule has 0 heterocycles. The number of phenols is 1. The average Bonchev–Trinajstić information content (AvgIpc) is 1.88. The molecule has 0 saturated heterocycles. The van der Waals surface area contributed by atoms with E-state index in [4.69, 9.17) is 5.11 Å². The molecule has 1 nitrogen and oxygen atoms in total. The summed E-state index contributed by atoms with van der Waals surface area (Å²) in [5.74, 6) is 0.344. The monoisotopic (exact) mass is 264 g/mol. The van der Waals surface area contributed by atoms with Gasteiger partial charge in [0, 0.05) is 0 Å². The van der Waals surface area contributed by atoms with Crippen molar-refractivity contribution in [1.82, 2.24) is 0 Å². The van der Waals surface area contributed by atoms with Crippen molar-refractivity contribution in [3.63, 3.8) is 0 Å². The van der Waals surface area contributed by atoms with Gasteiger partial charge in [-0.05, 0) is 17.4 Å². The van der Waals surface area contributed by atoms with Gasteiger partial charge in [0.2, 0.25) is 0 Å². The van der Waals surface area contributed by atoms with Gasteiger partial charge in [0.15, 0.2) is 7.57 Å². The summed E-state index contributed by atoms with van der Waals surface area (Å²) in [5, 5.41) is 10.3. The first-order valence-corrected chi connectivity index (χ1v) is 7.46. The van der Waals surface area contributed by atoms with Gasteiger partial charge in [0.05, 0.1) is 0 Å². The van der Waals surface area contributed by atoms with E-state index >= 15 is 0 Å². The summed E-state index contributed by atoms with van der Waals surface area (Å²) in [6.45, 7) is 0. The maximum absolute atomic E-state index is 8.94. The summed E-state index contributed by atoms with van der Waals surface area (Å²) < 4.78 is 0. The van der Waals surface area contributed by atoms with Crippen LogP contribution in [0.2, 0.25) is 0 Å². The Kier molecular flexibility index (Phi) is 2.99. The van der Waals surface area contributed by atoms with Gasteiger partial charge in [-0.1, -0.05) is 39.6 Å². The largest absolute Gasteiger partial charge is 0.508 e. The molecule has 0 spiro atoms. The second-order valence-corrected chi connectivity index (χ2v) is 7.81. The van der Waals surface area contributed by atoms with E-state index in [9.17, 15) is 0 Å². The fourth-order valence-electron chi connectivity index (χ4n) is 0.658. The van der Waals surface area contributed by atoms with Crippen molar-refractivity contribution in [3.05, 3.63) is 24.3 Å². The van der Waals surface area contributed by atoms with Gasteiger partial charge in [0.1, 0.15) is 5.75 Å². The summed E-state index contributed by atoms with van der Waals surface area (Å²) in [5.41, 5.74) is -0.0491. The van der Waals surface area contributed by atoms with Crippen molar-refractivity contribution in [2.24, 2.45) is 0 Å². The van der Waals surface area contributed by atoms with E-state index in [0.717, 1.165) is 0 Å². The Balaban J connectivity index is 2.89. The van der Waals surface area contributed by atoms with Crippen LogP contribution in [-0.4, -0.2) is 12.7 Å². The van der Waals surface area contributed by atoms with Gasteiger partial charge < -0.3 is 5.11 Å². The van der Waals surface area contributed by atoms with E-state index in [-0.39, 0.29) is 5.44 Å². The average molecular weight is 264 g/mol. The Hall–Kier alpha value is 0.245. The van der Waals surface area contributed by atoms with Crippen molar-refractivity contribution < 1.29 is 5.11 Å². The molecular formula is C6H7BIOP. The summed E-state index contributed by atoms with van der Waals surface area (Å²) in [7, 11) is 2.18. The normalized spacial score (nSPS) is 12.9. The molecule has 1 atom stereocenters. The maximum Gasteiger partial charge on any atom is 0.152 e. The van der Waals surface area contributed by atoms with Gasteiger partial charge in [-0.2, -0.15) is 0 Å². The fraction of sp³-hybridized carbons (Fsp3) is 0. The SMILES string of the molecule is BP(I)c1ccc(O)cc1. The smallest absolute Gasteiger partial charge is 0.152 e. The highest BCUT2D eigenvalue weighted by Crippen LogP contribution is 2.37. The number of benzene rings is 1. The Morgan fingerprint density at radius 2 is 1.80 bits per heavy atom. The van der Waals surface area contributed by atoms with E-state index in [1.165, 1.54) is 5.30 Å². The third-order valence-corrected chi connectivity index (χ3v) is 3.89. The first-order valence-electron chi connectivity index (χ1n) is 2.88. The minimum atomic E-state index is -0.0491. The Morgan fingerprint density at radius 1 is 1.30 bits per heavy atom. The number of hydrogen-bond acceptors (Lipinski definition) is 1. The van der Waals surface area contributed by atoms with Crippen LogP contribution < -0.4 is 5.30 Å². The van der Waals surface area contributed by atoms with E-state index in [1.807, 2.05) is 12.1 Å². The van der Waals surface area contributed by atoms with Crippen molar-refractivity contribution in [2.75, 3.05) is 0 Å². The van der Waals surface area contributed by atoms with Crippen LogP contribution in [0.1, 0.15) is 0 Å². The van der Waals surface area contributed by atoms with Crippen molar-refractivity contribution in [1.29, 1.82) is 0 Å². The number of hydrogen-bond donors (Lipinski definition) is 1. The minimum Gasteiger partial charge on any atom is -0.508 e. The van der Waals surface area contributed by atoms with Gasteiger partial charge in [-0.15, -0.1) is 0 Å². The number of rotatable bonds is 1. The molecule has 0 aliphatic carbocycles. The van der Waals surface area contributed by atoms with E-state index in [1.54, 1.807) is 12.1 Å². The van der Waals surface area contributed by atoms with Crippen LogP contribution >= 0.6 is 27.5 Å². The third-order valence-electron chi connectivity index (χ3n) is 1.21. The Bertz CT molecular complexity index is 211. The standard InChI is InChI=1S/C6H7BIOP/c7-10(8)6-3-1-5(9)2-4-6/h1-4,9H,7H2. The van der Waals surface area contributed by atoms with Gasteiger partial charge in [-0.25, -0.2) is 0 Å². The molecule has 4 heteroatoms. The number of halogens is 1. The first-order chi connectivity index (χ1) is 4.70. The second-order valence-electron chi connectivity index (χ2n) is 1.99. The zero-order valence-corrected chi connectivity index (χ0v) is 8.63. The molecule has 1 unspecified atom stereocenters. The highest BCUT2D eigenvalue weighted by molar-refractivity contribution is 14.2. The lowest BCUT2D eigenvalue weighted by Gasteiger charge is -2.02. The second kappa shape index (κ2) is 3.58. The molecule has 0 radical (unpaired) electrons. The molecule has 52 valence electrons. The first kappa shape index (κ1) is 8.34. The molecule has 0 saturated carbocycles. The Morgan fingerprint density at radius 3 is 2.20 bits per heavy atom. The molecule has 0 fully saturated rings. The zero-order chi connectivity index (χ0) is 7.56. The molecule has 0 aliphatic rings. The van der Waals surface area contributed by atoms with E-state index in [0.29, 0.717) is 5.75 Å². The molecule has 1 aromatic rings. The quantitative estimate of drug-likeness (QED) is 0.461. The molecule has 0 amide bonds. The number of aromatic hydroxyl groups is 1. The molecule has 0 bridgehead atoms. The maximum atomic E-state index is 8.94. The van der Waals surface area contributed by atoms with Crippen molar-refractivity contribution in [2.45, 2.75) is 0 Å². The van der Waals surface area contributed by atoms with Gasteiger partial charge >= 0.3 is 0 Å². The molecule has 0 aromatic heterocycles. The number of phenolic OH excluding ortho intramolecular Hbond substituents is 1. The lowest BCUT2D eigenvalue weighted by atomic mass is 10.3. The van der Waals surface area contributed by atoms with E-state index in [2.05, 4.69) is 29.6 Å². The lowest BCUT2D eigenvalue weighted by molar-refractivity contribution is 0.475. The van der Waals surface area contributed by atoms with Crippen LogP contribution in [0.4, 0.5) is 0 Å². The minimum absolute atomic E-state index is 0.0491. The Labute approximate surface area is 75.4 Å². The highest BCUT2D eigenvalue weighted by Gasteiger charge is 1.97. The van der Waals surface area contributed by atoms with Crippen LogP contribution in [0.15, 0.2) is 24.3 Å². The topological polar surface area (TPSA) is 20.2 Å². The predicted molar refractivity (Wildman–Crippen MR) is 57.2 cm³/mol. The molecule has 1 N–H and O–H groups in total. The van der Waals surface area contributed by atoms with E-state index < -0.39 is 0 Å². The van der Waals surface area contributed by atoms with Crippen molar-refractivity contribution in [3.8, 4) is 5.75 Å². The molecule has 10 heavy (non-hydrogen) atoms. The third kappa shape index (κ3) is 2.13. The molecule has 1 rings (SSSR count). The summed E-state index contributed by atoms with van der Waals surface area (Å²) in [6.07, 6.45) is 0. The molecular weight excluding hydrogens is 257 g/mol. The highest BCUT2D eigenvalue weighted by atomic mass is 127. The van der Waals surface area contributed by atoms with Crippen molar-refractivity contribution >= 4 is 40.4 Å². The summed E-state index contributed by atoms with van der Waals surface area (Å²) >= 11 is 2.40. The zero-order valence-electron chi connectivity index (χ0n) is 5.58. The summed E-state index contributed by atoms with van der Waals surface area (Å²) in [6, 6.07) is 7.39. The van der Waals surface area contributed by atoms with Gasteiger partial charge in [-0.3, -0.25) is 0 Å². The van der Waals surface area contributed by atoms with Gasteiger partial charge in [0.25, 0.3) is 0 Å². The van der Waals surface area contributed by atoms with Crippen LogP contribution in [0.3, 0.4) is 0 Å². The predicted octanol–water partition coefficient (Wildman–Crippen LogP) is 1.40. The summed E-state index contributed by atoms with van der Waals surface area (Å²) in [4.78, 5) is 0. The van der Waals surface area contributed by atoms with Crippen LogP contribution in [-0.2, 0) is 0 Å². The molecule has 0 aliphatic heterocycles. The van der Waals surface area contributed by atoms with Crippen LogP contribution in [0.25, 0.3) is 0 Å². The molecule has 1 aromatic carbocycles. The lowest BCUT2D eigenvalue weighted by Crippen LogP contribution is -1.93. The fourth-order valence-corrected chi connectivity index (χ4v) is 2.18. The van der Waals surface area contributed by atoms with Crippen LogP contribution in [0.5, 0.6) is 5.75 Å². The van der Waals surface area contributed by atoms with Crippen LogP contribution in [0, 0.1) is 0 Å².